The van der Waals surface area contributed by atoms with Crippen molar-refractivity contribution in [2.24, 2.45) is 0 Å². The van der Waals surface area contributed by atoms with Crippen molar-refractivity contribution < 1.29 is 5.11 Å². The summed E-state index contributed by atoms with van der Waals surface area (Å²) in [6.07, 6.45) is 4.64. The van der Waals surface area contributed by atoms with Crippen LogP contribution in [0.2, 0.25) is 0 Å². The van der Waals surface area contributed by atoms with E-state index in [0.29, 0.717) is 12.2 Å². The number of fused-ring (bicyclic) bond motifs is 1. The van der Waals surface area contributed by atoms with Crippen LogP contribution in [0.25, 0.3) is 5.65 Å². The highest BCUT2D eigenvalue weighted by Gasteiger charge is 2.21. The number of aryl methyl sites for hydroxylation is 1. The number of imidazole rings is 1. The molecule has 0 aliphatic heterocycles. The maximum atomic E-state index is 10.5. The van der Waals surface area contributed by atoms with Crippen LogP contribution >= 0.6 is 15.9 Å². The fraction of sp³-hybridized carbons (Fsp3) is 0.231. The van der Waals surface area contributed by atoms with Gasteiger partial charge in [-0.1, -0.05) is 6.07 Å². The number of halogens is 1. The zero-order chi connectivity index (χ0) is 13.4. The highest BCUT2D eigenvalue weighted by Crippen LogP contribution is 2.28. The Labute approximate surface area is 118 Å². The third-order valence-electron chi connectivity index (χ3n) is 3.05. The molecular weight excluding hydrogens is 308 g/mol. The molecule has 6 heteroatoms. The summed E-state index contributed by atoms with van der Waals surface area (Å²) in [5, 5.41) is 14.7. The van der Waals surface area contributed by atoms with Gasteiger partial charge in [0.1, 0.15) is 11.8 Å². The second kappa shape index (κ2) is 4.79. The van der Waals surface area contributed by atoms with Crippen LogP contribution in [0.1, 0.15) is 24.4 Å². The summed E-state index contributed by atoms with van der Waals surface area (Å²) in [6, 6.07) is 5.75. The topological polar surface area (TPSA) is 55.3 Å². The van der Waals surface area contributed by atoms with E-state index in [1.165, 1.54) is 0 Å². The average molecular weight is 321 g/mol. The van der Waals surface area contributed by atoms with E-state index in [9.17, 15) is 5.11 Å². The quantitative estimate of drug-likeness (QED) is 0.806. The van der Waals surface area contributed by atoms with E-state index in [1.54, 1.807) is 10.9 Å². The van der Waals surface area contributed by atoms with Gasteiger partial charge in [-0.25, -0.2) is 4.98 Å². The van der Waals surface area contributed by atoms with Crippen LogP contribution in [-0.2, 0) is 6.54 Å². The van der Waals surface area contributed by atoms with E-state index in [2.05, 4.69) is 26.0 Å². The number of hydrogen-bond donors (Lipinski definition) is 1. The van der Waals surface area contributed by atoms with Crippen LogP contribution in [0.5, 0.6) is 0 Å². The van der Waals surface area contributed by atoms with E-state index < -0.39 is 6.10 Å². The lowest BCUT2D eigenvalue weighted by Crippen LogP contribution is -2.10. The van der Waals surface area contributed by atoms with Crippen LogP contribution in [0, 0.1) is 0 Å². The van der Waals surface area contributed by atoms with E-state index >= 15 is 0 Å². The first-order valence-corrected chi connectivity index (χ1v) is 6.83. The van der Waals surface area contributed by atoms with Gasteiger partial charge >= 0.3 is 0 Å². The van der Waals surface area contributed by atoms with E-state index in [0.717, 1.165) is 15.8 Å². The third kappa shape index (κ3) is 2.06. The molecule has 0 amide bonds. The Morgan fingerprint density at radius 3 is 3.00 bits per heavy atom. The second-order valence-corrected chi connectivity index (χ2v) is 5.08. The number of aliphatic hydroxyl groups is 1. The molecule has 3 rings (SSSR count). The normalized spacial score (nSPS) is 13.0. The van der Waals surface area contributed by atoms with Crippen molar-refractivity contribution in [1.29, 1.82) is 0 Å². The Balaban J connectivity index is 2.07. The van der Waals surface area contributed by atoms with E-state index in [4.69, 9.17) is 0 Å². The van der Waals surface area contributed by atoms with Crippen molar-refractivity contribution >= 4 is 21.6 Å². The summed E-state index contributed by atoms with van der Waals surface area (Å²) in [5.74, 6) is 0. The van der Waals surface area contributed by atoms with Crippen molar-refractivity contribution in [1.82, 2.24) is 19.2 Å². The number of pyridine rings is 1. The maximum Gasteiger partial charge on any atom is 0.140 e. The van der Waals surface area contributed by atoms with Gasteiger partial charge in [0, 0.05) is 18.9 Å². The monoisotopic (exact) mass is 320 g/mol. The Bertz CT molecular complexity index is 685. The van der Waals surface area contributed by atoms with Gasteiger partial charge in [0.2, 0.25) is 0 Å². The Morgan fingerprint density at radius 2 is 2.26 bits per heavy atom. The number of hydrogen-bond acceptors (Lipinski definition) is 3. The molecule has 3 heterocycles. The van der Waals surface area contributed by atoms with Crippen molar-refractivity contribution in [2.75, 3.05) is 0 Å². The van der Waals surface area contributed by atoms with Crippen molar-refractivity contribution in [3.63, 3.8) is 0 Å². The minimum Gasteiger partial charge on any atom is -0.380 e. The molecule has 0 saturated carbocycles. The molecule has 1 atom stereocenters. The molecule has 0 aliphatic rings. The molecule has 0 bridgehead atoms. The van der Waals surface area contributed by atoms with Gasteiger partial charge < -0.3 is 9.51 Å². The molecule has 0 saturated heterocycles. The SMILES string of the molecule is CCn1ncc(Br)c1C(O)c1cn2ccccc2n1. The van der Waals surface area contributed by atoms with Crippen LogP contribution in [0.4, 0.5) is 0 Å². The highest BCUT2D eigenvalue weighted by atomic mass is 79.9. The highest BCUT2D eigenvalue weighted by molar-refractivity contribution is 9.10. The lowest BCUT2D eigenvalue weighted by Gasteiger charge is -2.10. The lowest BCUT2D eigenvalue weighted by atomic mass is 10.2. The molecule has 98 valence electrons. The zero-order valence-electron chi connectivity index (χ0n) is 10.4. The molecule has 3 aromatic heterocycles. The maximum absolute atomic E-state index is 10.5. The molecule has 0 fully saturated rings. The van der Waals surface area contributed by atoms with Gasteiger partial charge in [-0.2, -0.15) is 5.10 Å². The molecule has 19 heavy (non-hydrogen) atoms. The van der Waals surface area contributed by atoms with Crippen LogP contribution in [0.3, 0.4) is 0 Å². The third-order valence-corrected chi connectivity index (χ3v) is 3.67. The molecule has 3 aromatic rings. The van der Waals surface area contributed by atoms with Gasteiger partial charge in [0.25, 0.3) is 0 Å². The molecule has 1 N–H and O–H groups in total. The first-order valence-electron chi connectivity index (χ1n) is 6.03. The number of rotatable bonds is 3. The minimum absolute atomic E-state index is 0.613. The summed E-state index contributed by atoms with van der Waals surface area (Å²) in [7, 11) is 0. The van der Waals surface area contributed by atoms with Crippen LogP contribution < -0.4 is 0 Å². The van der Waals surface area contributed by atoms with Crippen LogP contribution in [-0.4, -0.2) is 24.3 Å². The van der Waals surface area contributed by atoms with Crippen molar-refractivity contribution in [3.8, 4) is 0 Å². The lowest BCUT2D eigenvalue weighted by molar-refractivity contribution is 0.203. The first-order chi connectivity index (χ1) is 9.20. The van der Waals surface area contributed by atoms with Gasteiger partial charge in [-0.3, -0.25) is 4.68 Å². The predicted molar refractivity (Wildman–Crippen MR) is 74.9 cm³/mol. The zero-order valence-corrected chi connectivity index (χ0v) is 11.9. The minimum atomic E-state index is -0.795. The molecule has 0 radical (unpaired) electrons. The van der Waals surface area contributed by atoms with Gasteiger partial charge in [0.05, 0.1) is 22.1 Å². The van der Waals surface area contributed by atoms with Crippen LogP contribution in [0.15, 0.2) is 41.3 Å². The standard InChI is InChI=1S/C13H13BrN4O/c1-2-18-12(9(14)7-15-18)13(19)10-8-17-6-4-3-5-11(17)16-10/h3-8,13,19H,2H2,1H3. The summed E-state index contributed by atoms with van der Waals surface area (Å²) in [6.45, 7) is 2.69. The van der Waals surface area contributed by atoms with Crippen molar-refractivity contribution in [2.45, 2.75) is 19.6 Å². The second-order valence-electron chi connectivity index (χ2n) is 4.23. The Hall–Kier alpha value is -1.66. The van der Waals surface area contributed by atoms with Crippen molar-refractivity contribution in [3.05, 3.63) is 52.7 Å². The van der Waals surface area contributed by atoms with Gasteiger partial charge in [-0.15, -0.1) is 0 Å². The number of nitrogens with zero attached hydrogens (tertiary/aromatic N) is 4. The molecular formula is C13H13BrN4O. The molecule has 1 unspecified atom stereocenters. The number of aliphatic hydroxyl groups excluding tert-OH is 1. The van der Waals surface area contributed by atoms with Gasteiger partial charge in [0.15, 0.2) is 0 Å². The van der Waals surface area contributed by atoms with E-state index in [-0.39, 0.29) is 0 Å². The molecule has 0 aromatic carbocycles. The summed E-state index contributed by atoms with van der Waals surface area (Å²) in [4.78, 5) is 4.44. The average Bonchev–Trinajstić information content (AvgIpc) is 3.01. The molecule has 0 aliphatic carbocycles. The predicted octanol–water partition coefficient (Wildman–Crippen LogP) is 2.39. The molecule has 0 spiro atoms. The largest absolute Gasteiger partial charge is 0.380 e. The van der Waals surface area contributed by atoms with Gasteiger partial charge in [-0.05, 0) is 35.0 Å². The Morgan fingerprint density at radius 1 is 1.42 bits per heavy atom. The summed E-state index contributed by atoms with van der Waals surface area (Å²) < 4.78 is 4.44. The van der Waals surface area contributed by atoms with E-state index in [1.807, 2.05) is 41.9 Å². The fourth-order valence-electron chi connectivity index (χ4n) is 2.12. The summed E-state index contributed by atoms with van der Waals surface area (Å²) in [5.41, 5.74) is 2.16. The molecule has 5 nitrogen and oxygen atoms in total. The number of aromatic nitrogens is 4. The first kappa shape index (κ1) is 12.4. The fourth-order valence-corrected chi connectivity index (χ4v) is 2.63. The Kier molecular flexibility index (Phi) is 3.12. The summed E-state index contributed by atoms with van der Waals surface area (Å²) >= 11 is 3.42. The smallest absolute Gasteiger partial charge is 0.140 e.